The van der Waals surface area contributed by atoms with Gasteiger partial charge in [0.25, 0.3) is 0 Å². The molecule has 0 saturated carbocycles. The van der Waals surface area contributed by atoms with Crippen LogP contribution in [-0.2, 0) is 6.18 Å². The van der Waals surface area contributed by atoms with Gasteiger partial charge in [-0.05, 0) is 29.8 Å². The lowest BCUT2D eigenvalue weighted by Crippen LogP contribution is -2.07. The number of rotatable bonds is 6. The number of ketones is 1. The molecule has 7 heteroatoms. The van der Waals surface area contributed by atoms with Crippen LogP contribution in [0, 0.1) is 0 Å². The van der Waals surface area contributed by atoms with Gasteiger partial charge in [0.15, 0.2) is 17.3 Å². The number of ether oxygens (including phenoxy) is 3. The molecule has 0 aromatic heterocycles. The van der Waals surface area contributed by atoms with Crippen molar-refractivity contribution < 1.29 is 32.2 Å². The molecule has 0 heterocycles. The number of benzene rings is 2. The Labute approximate surface area is 148 Å². The first-order valence-electron chi connectivity index (χ1n) is 7.44. The number of methoxy groups -OCH3 is 3. The van der Waals surface area contributed by atoms with Crippen LogP contribution in [0.2, 0.25) is 0 Å². The van der Waals surface area contributed by atoms with E-state index < -0.39 is 17.5 Å². The molecule has 0 unspecified atom stereocenters. The molecule has 0 N–H and O–H groups in total. The molecule has 0 radical (unpaired) electrons. The van der Waals surface area contributed by atoms with Gasteiger partial charge in [0.2, 0.25) is 5.75 Å². The van der Waals surface area contributed by atoms with Gasteiger partial charge in [-0.25, -0.2) is 0 Å². The summed E-state index contributed by atoms with van der Waals surface area (Å²) in [6.07, 6.45) is -4.46. The van der Waals surface area contributed by atoms with Crippen molar-refractivity contribution in [1.82, 2.24) is 0 Å². The van der Waals surface area contributed by atoms with Crippen molar-refractivity contribution in [3.05, 3.63) is 59.7 Å². The Balaban J connectivity index is 2.38. The number of carbonyl (C=O) groups excluding carboxylic acids is 1. The van der Waals surface area contributed by atoms with Gasteiger partial charge < -0.3 is 14.2 Å². The molecule has 0 saturated heterocycles. The van der Waals surface area contributed by atoms with Crippen molar-refractivity contribution in [3.63, 3.8) is 0 Å². The number of allylic oxidation sites excluding steroid dienone is 1. The Morgan fingerprint density at radius 2 is 1.38 bits per heavy atom. The maximum Gasteiger partial charge on any atom is 0.416 e. The molecule has 0 aliphatic carbocycles. The largest absolute Gasteiger partial charge is 0.493 e. The third-order valence-electron chi connectivity index (χ3n) is 3.76. The highest BCUT2D eigenvalue weighted by Gasteiger charge is 2.30. The van der Waals surface area contributed by atoms with Crippen LogP contribution in [0.1, 0.15) is 21.5 Å². The molecular formula is C19H17F3O4. The Hall–Kier alpha value is -2.96. The van der Waals surface area contributed by atoms with Gasteiger partial charge in [-0.2, -0.15) is 13.2 Å². The van der Waals surface area contributed by atoms with Crippen LogP contribution in [0.5, 0.6) is 17.2 Å². The van der Waals surface area contributed by atoms with E-state index in [-0.39, 0.29) is 11.1 Å². The molecule has 2 rings (SSSR count). The van der Waals surface area contributed by atoms with E-state index in [1.165, 1.54) is 21.3 Å². The summed E-state index contributed by atoms with van der Waals surface area (Å²) in [7, 11) is 4.31. The highest BCUT2D eigenvalue weighted by molar-refractivity contribution is 6.28. The summed E-state index contributed by atoms with van der Waals surface area (Å²) in [5.74, 6) is 0.521. The maximum absolute atomic E-state index is 12.6. The summed E-state index contributed by atoms with van der Waals surface area (Å²) in [4.78, 5) is 12.6. The van der Waals surface area contributed by atoms with Crippen LogP contribution in [0.4, 0.5) is 13.2 Å². The first-order chi connectivity index (χ1) is 12.2. The molecule has 26 heavy (non-hydrogen) atoms. The number of hydrogen-bond acceptors (Lipinski definition) is 4. The molecule has 0 fully saturated rings. The number of Topliss-reactive ketones (excluding diaryl/α,β-unsaturated/α-hetero) is 1. The minimum absolute atomic E-state index is 0.0870. The topological polar surface area (TPSA) is 44.8 Å². The van der Waals surface area contributed by atoms with Gasteiger partial charge in [-0.3, -0.25) is 4.79 Å². The first kappa shape index (κ1) is 19.4. The molecule has 0 bridgehead atoms. The Morgan fingerprint density at radius 1 is 0.885 bits per heavy atom. The molecule has 0 aliphatic rings. The summed E-state index contributed by atoms with van der Waals surface area (Å²) in [5, 5.41) is 0. The van der Waals surface area contributed by atoms with Crippen molar-refractivity contribution in [2.45, 2.75) is 6.18 Å². The van der Waals surface area contributed by atoms with E-state index in [1.807, 2.05) is 0 Å². The standard InChI is InChI=1S/C19H17F3O4/c1-11(13-9-15(24-2)18(26-4)16(10-13)25-3)17(23)12-5-7-14(8-6-12)19(20,21)22/h5-10H,1H2,2-4H3. The van der Waals surface area contributed by atoms with Gasteiger partial charge in [0.05, 0.1) is 26.9 Å². The van der Waals surface area contributed by atoms with E-state index in [4.69, 9.17) is 14.2 Å². The normalized spacial score (nSPS) is 11.0. The van der Waals surface area contributed by atoms with Crippen molar-refractivity contribution in [2.75, 3.05) is 21.3 Å². The number of halogens is 3. The van der Waals surface area contributed by atoms with Crippen molar-refractivity contribution in [3.8, 4) is 17.2 Å². The zero-order chi connectivity index (χ0) is 19.5. The molecular weight excluding hydrogens is 349 g/mol. The average Bonchev–Trinajstić information content (AvgIpc) is 2.64. The second-order valence-corrected chi connectivity index (χ2v) is 5.30. The monoisotopic (exact) mass is 366 g/mol. The van der Waals surface area contributed by atoms with Gasteiger partial charge >= 0.3 is 6.18 Å². The van der Waals surface area contributed by atoms with Gasteiger partial charge in [0.1, 0.15) is 0 Å². The summed E-state index contributed by atoms with van der Waals surface area (Å²) in [5.41, 5.74) is -0.238. The van der Waals surface area contributed by atoms with Crippen LogP contribution in [0.3, 0.4) is 0 Å². The fourth-order valence-electron chi connectivity index (χ4n) is 2.37. The molecule has 0 spiro atoms. The fraction of sp³-hybridized carbons (Fsp3) is 0.211. The van der Waals surface area contributed by atoms with Crippen LogP contribution in [-0.4, -0.2) is 27.1 Å². The molecule has 2 aromatic carbocycles. The first-order valence-corrected chi connectivity index (χ1v) is 7.44. The van der Waals surface area contributed by atoms with E-state index in [0.717, 1.165) is 24.3 Å². The molecule has 4 nitrogen and oxygen atoms in total. The lowest BCUT2D eigenvalue weighted by molar-refractivity contribution is -0.137. The minimum Gasteiger partial charge on any atom is -0.493 e. The predicted molar refractivity (Wildman–Crippen MR) is 90.9 cm³/mol. The van der Waals surface area contributed by atoms with Crippen LogP contribution < -0.4 is 14.2 Å². The fourth-order valence-corrected chi connectivity index (χ4v) is 2.37. The van der Waals surface area contributed by atoms with Crippen molar-refractivity contribution in [2.24, 2.45) is 0 Å². The van der Waals surface area contributed by atoms with Gasteiger partial charge in [0, 0.05) is 11.1 Å². The van der Waals surface area contributed by atoms with Crippen LogP contribution in [0.25, 0.3) is 5.57 Å². The van der Waals surface area contributed by atoms with Crippen molar-refractivity contribution >= 4 is 11.4 Å². The van der Waals surface area contributed by atoms with Crippen molar-refractivity contribution in [1.29, 1.82) is 0 Å². The van der Waals surface area contributed by atoms with E-state index in [1.54, 1.807) is 12.1 Å². The third kappa shape index (κ3) is 3.82. The summed E-state index contributed by atoms with van der Waals surface area (Å²) in [6, 6.07) is 7.05. The van der Waals surface area contributed by atoms with E-state index in [2.05, 4.69) is 6.58 Å². The molecule has 0 aliphatic heterocycles. The second-order valence-electron chi connectivity index (χ2n) is 5.30. The van der Waals surface area contributed by atoms with Crippen LogP contribution in [0.15, 0.2) is 43.0 Å². The molecule has 0 atom stereocenters. The van der Waals surface area contributed by atoms with E-state index in [9.17, 15) is 18.0 Å². The van der Waals surface area contributed by atoms with E-state index in [0.29, 0.717) is 22.8 Å². The number of carbonyl (C=O) groups is 1. The zero-order valence-corrected chi connectivity index (χ0v) is 14.4. The lowest BCUT2D eigenvalue weighted by Gasteiger charge is -2.15. The second kappa shape index (κ2) is 7.51. The highest BCUT2D eigenvalue weighted by Crippen LogP contribution is 2.40. The minimum atomic E-state index is -4.46. The summed E-state index contributed by atoms with van der Waals surface area (Å²) in [6.45, 7) is 3.76. The smallest absolute Gasteiger partial charge is 0.416 e. The zero-order valence-electron chi connectivity index (χ0n) is 14.4. The summed E-state index contributed by atoms with van der Waals surface area (Å²) >= 11 is 0. The molecule has 0 amide bonds. The van der Waals surface area contributed by atoms with Crippen LogP contribution >= 0.6 is 0 Å². The Bertz CT molecular complexity index is 799. The quantitative estimate of drug-likeness (QED) is 0.552. The Kier molecular flexibility index (Phi) is 5.59. The maximum atomic E-state index is 12.6. The highest BCUT2D eigenvalue weighted by atomic mass is 19.4. The van der Waals surface area contributed by atoms with E-state index >= 15 is 0 Å². The SMILES string of the molecule is C=C(C(=O)c1ccc(C(F)(F)F)cc1)c1cc(OC)c(OC)c(OC)c1. The average molecular weight is 366 g/mol. The number of alkyl halides is 3. The van der Waals surface area contributed by atoms with Gasteiger partial charge in [-0.15, -0.1) is 0 Å². The molecule has 2 aromatic rings. The lowest BCUT2D eigenvalue weighted by atomic mass is 9.97. The Morgan fingerprint density at radius 3 is 1.77 bits per heavy atom. The number of hydrogen-bond donors (Lipinski definition) is 0. The molecule has 138 valence electrons. The summed E-state index contributed by atoms with van der Waals surface area (Å²) < 4.78 is 53.6. The third-order valence-corrected chi connectivity index (χ3v) is 3.76. The predicted octanol–water partition coefficient (Wildman–Crippen LogP) is 4.63. The van der Waals surface area contributed by atoms with Gasteiger partial charge in [-0.1, -0.05) is 18.7 Å².